The number of Topliss-reactive ketones (excluding diaryl/α,β-unsaturated/α-hetero) is 1. The fourth-order valence-corrected chi connectivity index (χ4v) is 6.96. The van der Waals surface area contributed by atoms with Crippen LogP contribution in [-0.2, 0) is 6.42 Å². The first-order valence-electron chi connectivity index (χ1n) is 11.7. The van der Waals surface area contributed by atoms with E-state index in [0.717, 1.165) is 44.1 Å². The van der Waals surface area contributed by atoms with Gasteiger partial charge in [-0.3, -0.25) is 4.79 Å². The number of aromatic hydroxyl groups is 1. The Morgan fingerprint density at radius 2 is 1.84 bits per heavy atom. The van der Waals surface area contributed by atoms with Crippen LogP contribution in [0.2, 0.25) is 0 Å². The van der Waals surface area contributed by atoms with Crippen molar-refractivity contribution in [3.05, 3.63) is 70.8 Å². The molecule has 5 rings (SSSR count). The lowest BCUT2D eigenvalue weighted by Crippen LogP contribution is -2.49. The number of hydrogen-bond donors (Lipinski definition) is 2. The molecule has 3 aliphatic carbocycles. The molecule has 3 heteroatoms. The van der Waals surface area contributed by atoms with Crippen LogP contribution in [0.15, 0.2) is 48.5 Å². The average Bonchev–Trinajstić information content (AvgIpc) is 3.03. The number of aliphatic hydroxyl groups is 1. The highest BCUT2D eigenvalue weighted by molar-refractivity contribution is 5.94. The van der Waals surface area contributed by atoms with Gasteiger partial charge in [0.25, 0.3) is 0 Å². The number of fused-ring (bicyclic) bond motifs is 5. The van der Waals surface area contributed by atoms with Gasteiger partial charge in [0.2, 0.25) is 0 Å². The Kier molecular flexibility index (Phi) is 4.86. The number of aryl methyl sites for hydroxylation is 1. The van der Waals surface area contributed by atoms with Gasteiger partial charge in [0, 0.05) is 11.0 Å². The number of benzene rings is 2. The molecular weight excluding hydrogens is 384 g/mol. The minimum absolute atomic E-state index is 0.0707. The molecule has 0 unspecified atom stereocenters. The van der Waals surface area contributed by atoms with Crippen LogP contribution >= 0.6 is 0 Å². The van der Waals surface area contributed by atoms with Gasteiger partial charge in [0.15, 0.2) is 5.78 Å². The van der Waals surface area contributed by atoms with E-state index >= 15 is 0 Å². The standard InChI is InChI=1S/C28H32O3/c1-18(29)20-5-3-19(4-6-20)11-15-28(31)16-13-26-25-9-7-21-17-22(30)8-10-23(21)24(25)12-14-27(26,28)2/h3-6,8,10-11,15,17,24-26,30-31H,7,9,12-14,16H2,1-2H3/b15-11+/t24-,25-,26+,27+,28+/m1/s1. The van der Waals surface area contributed by atoms with Gasteiger partial charge in [-0.1, -0.05) is 49.4 Å². The van der Waals surface area contributed by atoms with E-state index in [2.05, 4.69) is 13.0 Å². The van der Waals surface area contributed by atoms with Crippen molar-refractivity contribution in [1.82, 2.24) is 0 Å². The van der Waals surface area contributed by atoms with Crippen molar-refractivity contribution in [2.24, 2.45) is 17.3 Å². The molecule has 0 bridgehead atoms. The van der Waals surface area contributed by atoms with Gasteiger partial charge >= 0.3 is 0 Å². The summed E-state index contributed by atoms with van der Waals surface area (Å²) in [7, 11) is 0. The smallest absolute Gasteiger partial charge is 0.159 e. The Morgan fingerprint density at radius 3 is 2.58 bits per heavy atom. The first kappa shape index (κ1) is 20.5. The third kappa shape index (κ3) is 3.25. The molecule has 2 N–H and O–H groups in total. The number of carbonyl (C=O) groups excluding carboxylic acids is 1. The molecule has 0 heterocycles. The van der Waals surface area contributed by atoms with Crippen molar-refractivity contribution >= 4 is 11.9 Å². The van der Waals surface area contributed by atoms with E-state index in [1.165, 1.54) is 11.1 Å². The largest absolute Gasteiger partial charge is 0.508 e. The summed E-state index contributed by atoms with van der Waals surface area (Å²) in [6.45, 7) is 3.88. The Hall–Kier alpha value is -2.39. The van der Waals surface area contributed by atoms with Gasteiger partial charge in [-0.05, 0) is 92.0 Å². The minimum Gasteiger partial charge on any atom is -0.508 e. The summed E-state index contributed by atoms with van der Waals surface area (Å²) in [4.78, 5) is 11.5. The molecule has 0 spiro atoms. The Balaban J connectivity index is 1.39. The van der Waals surface area contributed by atoms with E-state index in [0.29, 0.717) is 29.1 Å². The molecule has 0 radical (unpaired) electrons. The third-order valence-electron chi connectivity index (χ3n) is 8.79. The monoisotopic (exact) mass is 416 g/mol. The molecule has 3 aliphatic rings. The summed E-state index contributed by atoms with van der Waals surface area (Å²) >= 11 is 0. The summed E-state index contributed by atoms with van der Waals surface area (Å²) in [6.07, 6.45) is 10.2. The zero-order chi connectivity index (χ0) is 21.8. The van der Waals surface area contributed by atoms with Crippen molar-refractivity contribution in [3.8, 4) is 5.75 Å². The SMILES string of the molecule is CC(=O)c1ccc(/C=C/[C@]2(O)CC[C@H]3[C@@H]4CCc5cc(O)ccc5[C@H]4CC[C@@]32C)cc1. The van der Waals surface area contributed by atoms with E-state index in [1.54, 1.807) is 6.92 Å². The third-order valence-corrected chi connectivity index (χ3v) is 8.79. The number of phenols is 1. The molecule has 162 valence electrons. The number of hydrogen-bond acceptors (Lipinski definition) is 3. The van der Waals surface area contributed by atoms with Gasteiger partial charge in [-0.25, -0.2) is 0 Å². The zero-order valence-electron chi connectivity index (χ0n) is 18.5. The van der Waals surface area contributed by atoms with Crippen LogP contribution in [0, 0.1) is 17.3 Å². The highest BCUT2D eigenvalue weighted by Gasteiger charge is 2.60. The second-order valence-electron chi connectivity index (χ2n) is 10.2. The first-order chi connectivity index (χ1) is 14.8. The molecule has 0 saturated heterocycles. The predicted molar refractivity (Wildman–Crippen MR) is 123 cm³/mol. The number of rotatable bonds is 3. The molecule has 0 amide bonds. The highest BCUT2D eigenvalue weighted by atomic mass is 16.3. The number of phenolic OH excluding ortho intramolecular Hbond substituents is 1. The normalized spacial score (nSPS) is 34.2. The lowest BCUT2D eigenvalue weighted by Gasteiger charge is -2.52. The Labute approximate surface area is 184 Å². The van der Waals surface area contributed by atoms with Gasteiger partial charge in [0.1, 0.15) is 5.75 Å². The van der Waals surface area contributed by atoms with Gasteiger partial charge in [-0.15, -0.1) is 0 Å². The second kappa shape index (κ2) is 7.34. The van der Waals surface area contributed by atoms with Crippen LogP contribution in [0.3, 0.4) is 0 Å². The van der Waals surface area contributed by atoms with Crippen molar-refractivity contribution in [1.29, 1.82) is 0 Å². The van der Waals surface area contributed by atoms with Crippen molar-refractivity contribution in [2.45, 2.75) is 63.9 Å². The maximum atomic E-state index is 11.8. The first-order valence-corrected chi connectivity index (χ1v) is 11.7. The summed E-state index contributed by atoms with van der Waals surface area (Å²) in [5.41, 5.74) is 3.56. The van der Waals surface area contributed by atoms with Crippen LogP contribution in [0.1, 0.15) is 78.9 Å². The lowest BCUT2D eigenvalue weighted by molar-refractivity contribution is -0.0705. The molecule has 5 atom stereocenters. The van der Waals surface area contributed by atoms with Crippen molar-refractivity contribution < 1.29 is 15.0 Å². The van der Waals surface area contributed by atoms with Crippen molar-refractivity contribution in [2.75, 3.05) is 0 Å². The van der Waals surface area contributed by atoms with Crippen LogP contribution in [0.4, 0.5) is 0 Å². The van der Waals surface area contributed by atoms with E-state index < -0.39 is 5.60 Å². The molecule has 2 aromatic rings. The summed E-state index contributed by atoms with van der Waals surface area (Å²) in [5, 5.41) is 21.7. The summed E-state index contributed by atoms with van der Waals surface area (Å²) in [5.74, 6) is 2.11. The van der Waals surface area contributed by atoms with Crippen LogP contribution in [-0.4, -0.2) is 21.6 Å². The van der Waals surface area contributed by atoms with E-state index in [-0.39, 0.29) is 11.2 Å². The van der Waals surface area contributed by atoms with Crippen LogP contribution in [0.5, 0.6) is 5.75 Å². The topological polar surface area (TPSA) is 57.5 Å². The summed E-state index contributed by atoms with van der Waals surface area (Å²) in [6, 6.07) is 13.5. The Bertz CT molecular complexity index is 1040. The zero-order valence-corrected chi connectivity index (χ0v) is 18.5. The lowest BCUT2D eigenvalue weighted by atomic mass is 9.53. The number of carbonyl (C=O) groups is 1. The fourth-order valence-electron chi connectivity index (χ4n) is 6.96. The Morgan fingerprint density at radius 1 is 1.06 bits per heavy atom. The van der Waals surface area contributed by atoms with Crippen LogP contribution < -0.4 is 0 Å². The number of ketones is 1. The van der Waals surface area contributed by atoms with E-state index in [4.69, 9.17) is 0 Å². The average molecular weight is 417 g/mol. The molecular formula is C28H32O3. The van der Waals surface area contributed by atoms with Crippen molar-refractivity contribution in [3.63, 3.8) is 0 Å². The maximum absolute atomic E-state index is 11.8. The summed E-state index contributed by atoms with van der Waals surface area (Å²) < 4.78 is 0. The molecule has 2 saturated carbocycles. The molecule has 3 nitrogen and oxygen atoms in total. The molecule has 0 aliphatic heterocycles. The maximum Gasteiger partial charge on any atom is 0.159 e. The molecule has 2 fully saturated rings. The van der Waals surface area contributed by atoms with Gasteiger partial charge in [-0.2, -0.15) is 0 Å². The predicted octanol–water partition coefficient (Wildman–Crippen LogP) is 5.90. The van der Waals surface area contributed by atoms with Crippen LogP contribution in [0.25, 0.3) is 6.08 Å². The minimum atomic E-state index is -0.795. The van der Waals surface area contributed by atoms with E-state index in [9.17, 15) is 15.0 Å². The molecule has 0 aromatic heterocycles. The second-order valence-corrected chi connectivity index (χ2v) is 10.2. The van der Waals surface area contributed by atoms with Gasteiger partial charge < -0.3 is 10.2 Å². The van der Waals surface area contributed by atoms with Gasteiger partial charge in [0.05, 0.1) is 5.60 Å². The van der Waals surface area contributed by atoms with E-state index in [1.807, 2.05) is 48.6 Å². The quantitative estimate of drug-likeness (QED) is 0.613. The fraction of sp³-hybridized carbons (Fsp3) is 0.464. The molecule has 31 heavy (non-hydrogen) atoms. The highest BCUT2D eigenvalue weighted by Crippen LogP contribution is 2.64. The molecule has 2 aromatic carbocycles.